The molecule has 0 aliphatic heterocycles. The van der Waals surface area contributed by atoms with Crippen molar-refractivity contribution in [2.45, 2.75) is 38.1 Å². The number of methoxy groups -OCH3 is 1. The molecule has 1 N–H and O–H groups in total. The zero-order valence-corrected chi connectivity index (χ0v) is 10.6. The summed E-state index contributed by atoms with van der Waals surface area (Å²) in [7, 11) is 1.76. The molecule has 0 bridgehead atoms. The highest BCUT2D eigenvalue weighted by molar-refractivity contribution is 5.25. The lowest BCUT2D eigenvalue weighted by atomic mass is 9.92. The number of pyridine rings is 1. The summed E-state index contributed by atoms with van der Waals surface area (Å²) < 4.78 is 5.05. The largest absolute Gasteiger partial charge is 0.385 e. The Labute approximate surface area is 104 Å². The summed E-state index contributed by atoms with van der Waals surface area (Å²) in [6, 6.07) is 4.71. The molecule has 0 saturated heterocycles. The first-order chi connectivity index (χ1) is 8.42. The van der Waals surface area contributed by atoms with E-state index in [-0.39, 0.29) is 0 Å². The normalized spacial score (nSPS) is 19.0. The van der Waals surface area contributed by atoms with Crippen LogP contribution in [0.4, 0.5) is 0 Å². The van der Waals surface area contributed by atoms with Gasteiger partial charge in [0.2, 0.25) is 0 Å². The molecule has 0 radical (unpaired) electrons. The van der Waals surface area contributed by atoms with E-state index in [2.05, 4.69) is 16.4 Å². The molecule has 1 aromatic rings. The lowest BCUT2D eigenvalue weighted by Crippen LogP contribution is -2.27. The first kappa shape index (κ1) is 12.5. The van der Waals surface area contributed by atoms with Gasteiger partial charge in [0.15, 0.2) is 0 Å². The highest BCUT2D eigenvalue weighted by Gasteiger charge is 2.19. The van der Waals surface area contributed by atoms with Crippen LogP contribution in [0.3, 0.4) is 0 Å². The maximum Gasteiger partial charge on any atom is 0.0605 e. The number of aryl methyl sites for hydroxylation is 1. The van der Waals surface area contributed by atoms with E-state index >= 15 is 0 Å². The predicted molar refractivity (Wildman–Crippen MR) is 69.0 cm³/mol. The molecular weight excluding hydrogens is 212 g/mol. The van der Waals surface area contributed by atoms with Gasteiger partial charge in [-0.3, -0.25) is 4.98 Å². The number of nitrogens with one attached hydrogen (secondary N) is 1. The Morgan fingerprint density at radius 2 is 2.41 bits per heavy atom. The molecule has 1 heterocycles. The van der Waals surface area contributed by atoms with E-state index in [0.717, 1.165) is 19.6 Å². The Kier molecular flexibility index (Phi) is 4.95. The minimum atomic E-state index is 0.461. The number of fused-ring (bicyclic) bond motifs is 1. The topological polar surface area (TPSA) is 34.1 Å². The van der Waals surface area contributed by atoms with Crippen molar-refractivity contribution in [1.82, 2.24) is 10.3 Å². The molecule has 1 unspecified atom stereocenters. The van der Waals surface area contributed by atoms with E-state index < -0.39 is 0 Å². The van der Waals surface area contributed by atoms with Crippen LogP contribution in [0.5, 0.6) is 0 Å². The monoisotopic (exact) mass is 234 g/mol. The van der Waals surface area contributed by atoms with Crippen LogP contribution >= 0.6 is 0 Å². The maximum atomic E-state index is 5.05. The second kappa shape index (κ2) is 6.72. The van der Waals surface area contributed by atoms with Gasteiger partial charge in [0.1, 0.15) is 0 Å². The van der Waals surface area contributed by atoms with E-state index in [9.17, 15) is 0 Å². The fourth-order valence-corrected chi connectivity index (χ4v) is 2.46. The van der Waals surface area contributed by atoms with Crippen molar-refractivity contribution in [3.8, 4) is 0 Å². The molecule has 0 amide bonds. The molecule has 17 heavy (non-hydrogen) atoms. The third-order valence-electron chi connectivity index (χ3n) is 3.36. The summed E-state index contributed by atoms with van der Waals surface area (Å²) in [6.07, 6.45) is 7.88. The lowest BCUT2D eigenvalue weighted by molar-refractivity contribution is 0.192. The molecule has 0 fully saturated rings. The van der Waals surface area contributed by atoms with Crippen LogP contribution in [0.2, 0.25) is 0 Å². The Morgan fingerprint density at radius 3 is 3.29 bits per heavy atom. The van der Waals surface area contributed by atoms with Crippen molar-refractivity contribution in [3.05, 3.63) is 29.6 Å². The van der Waals surface area contributed by atoms with Crippen LogP contribution in [-0.4, -0.2) is 25.2 Å². The van der Waals surface area contributed by atoms with Crippen LogP contribution in [0.15, 0.2) is 18.3 Å². The third kappa shape index (κ3) is 3.51. The standard InChI is InChI=1S/C14H22N2O/c1-17-11-3-2-9-15-13-8-4-6-12-7-5-10-16-14(12)13/h5,7,10,13,15H,2-4,6,8-9,11H2,1H3. The van der Waals surface area contributed by atoms with Gasteiger partial charge in [-0.25, -0.2) is 0 Å². The van der Waals surface area contributed by atoms with Gasteiger partial charge in [-0.1, -0.05) is 6.07 Å². The minimum absolute atomic E-state index is 0.461. The molecule has 0 spiro atoms. The molecular formula is C14H22N2O. The summed E-state index contributed by atoms with van der Waals surface area (Å²) in [5.41, 5.74) is 2.69. The minimum Gasteiger partial charge on any atom is -0.385 e. The number of ether oxygens (including phenoxy) is 1. The molecule has 94 valence electrons. The Balaban J connectivity index is 1.82. The summed E-state index contributed by atoms with van der Waals surface area (Å²) in [4.78, 5) is 4.53. The molecule has 1 aliphatic carbocycles. The van der Waals surface area contributed by atoms with Gasteiger partial charge in [0, 0.05) is 26.0 Å². The van der Waals surface area contributed by atoms with Crippen molar-refractivity contribution < 1.29 is 4.74 Å². The summed E-state index contributed by atoms with van der Waals surface area (Å²) >= 11 is 0. The maximum absolute atomic E-state index is 5.05. The smallest absolute Gasteiger partial charge is 0.0605 e. The molecule has 1 aliphatic rings. The highest BCUT2D eigenvalue weighted by atomic mass is 16.5. The quantitative estimate of drug-likeness (QED) is 0.768. The number of rotatable bonds is 6. The van der Waals surface area contributed by atoms with Gasteiger partial charge in [-0.15, -0.1) is 0 Å². The van der Waals surface area contributed by atoms with Gasteiger partial charge in [-0.2, -0.15) is 0 Å². The van der Waals surface area contributed by atoms with Crippen LogP contribution in [0.1, 0.15) is 43.0 Å². The number of aromatic nitrogens is 1. The molecule has 0 aromatic carbocycles. The lowest BCUT2D eigenvalue weighted by Gasteiger charge is -2.25. The average Bonchev–Trinajstić information content (AvgIpc) is 2.39. The van der Waals surface area contributed by atoms with Crippen LogP contribution < -0.4 is 5.32 Å². The van der Waals surface area contributed by atoms with Crippen molar-refractivity contribution >= 4 is 0 Å². The fraction of sp³-hybridized carbons (Fsp3) is 0.643. The second-order valence-electron chi connectivity index (χ2n) is 4.65. The van der Waals surface area contributed by atoms with Crippen molar-refractivity contribution in [2.75, 3.05) is 20.3 Å². The third-order valence-corrected chi connectivity index (χ3v) is 3.36. The zero-order chi connectivity index (χ0) is 11.9. The summed E-state index contributed by atoms with van der Waals surface area (Å²) in [5.74, 6) is 0. The molecule has 2 rings (SSSR count). The summed E-state index contributed by atoms with van der Waals surface area (Å²) in [6.45, 7) is 1.92. The van der Waals surface area contributed by atoms with E-state index in [1.165, 1.54) is 36.9 Å². The molecule has 1 atom stereocenters. The molecule has 1 aromatic heterocycles. The van der Waals surface area contributed by atoms with E-state index in [1.54, 1.807) is 7.11 Å². The van der Waals surface area contributed by atoms with Gasteiger partial charge in [0.05, 0.1) is 5.69 Å². The molecule has 3 heteroatoms. The van der Waals surface area contributed by atoms with Gasteiger partial charge in [0.25, 0.3) is 0 Å². The van der Waals surface area contributed by atoms with Crippen LogP contribution in [0.25, 0.3) is 0 Å². The fourth-order valence-electron chi connectivity index (χ4n) is 2.46. The first-order valence-corrected chi connectivity index (χ1v) is 6.58. The molecule has 3 nitrogen and oxygen atoms in total. The van der Waals surface area contributed by atoms with Gasteiger partial charge < -0.3 is 10.1 Å². The average molecular weight is 234 g/mol. The Bertz CT molecular complexity index is 341. The van der Waals surface area contributed by atoms with Crippen molar-refractivity contribution in [3.63, 3.8) is 0 Å². The Hall–Kier alpha value is -0.930. The number of hydrogen-bond donors (Lipinski definition) is 1. The van der Waals surface area contributed by atoms with Crippen molar-refractivity contribution in [2.24, 2.45) is 0 Å². The highest BCUT2D eigenvalue weighted by Crippen LogP contribution is 2.27. The molecule has 0 saturated carbocycles. The van der Waals surface area contributed by atoms with Crippen LogP contribution in [-0.2, 0) is 11.2 Å². The van der Waals surface area contributed by atoms with Crippen LogP contribution in [0, 0.1) is 0 Å². The zero-order valence-electron chi connectivity index (χ0n) is 10.6. The summed E-state index contributed by atoms with van der Waals surface area (Å²) in [5, 5.41) is 3.62. The SMILES string of the molecule is COCCCCNC1CCCc2cccnc21. The van der Waals surface area contributed by atoms with E-state index in [1.807, 2.05) is 12.3 Å². The van der Waals surface area contributed by atoms with Gasteiger partial charge >= 0.3 is 0 Å². The van der Waals surface area contributed by atoms with E-state index in [4.69, 9.17) is 4.74 Å². The van der Waals surface area contributed by atoms with Crippen molar-refractivity contribution in [1.29, 1.82) is 0 Å². The second-order valence-corrected chi connectivity index (χ2v) is 4.65. The number of unbranched alkanes of at least 4 members (excludes halogenated alkanes) is 1. The number of hydrogen-bond acceptors (Lipinski definition) is 3. The van der Waals surface area contributed by atoms with Gasteiger partial charge in [-0.05, 0) is 50.3 Å². The number of nitrogens with zero attached hydrogens (tertiary/aromatic N) is 1. The Morgan fingerprint density at radius 1 is 1.47 bits per heavy atom. The first-order valence-electron chi connectivity index (χ1n) is 6.58. The van der Waals surface area contributed by atoms with E-state index in [0.29, 0.717) is 6.04 Å². The predicted octanol–water partition coefficient (Wildman–Crippen LogP) is 2.48.